The van der Waals surface area contributed by atoms with Gasteiger partial charge in [-0.2, -0.15) is 11.8 Å². The summed E-state index contributed by atoms with van der Waals surface area (Å²) in [5.41, 5.74) is 3.64. The van der Waals surface area contributed by atoms with Crippen molar-refractivity contribution in [2.75, 3.05) is 23.9 Å². The summed E-state index contributed by atoms with van der Waals surface area (Å²) < 4.78 is 5.51. The second kappa shape index (κ2) is 17.2. The van der Waals surface area contributed by atoms with Gasteiger partial charge in [0.25, 0.3) is 5.91 Å². The van der Waals surface area contributed by atoms with E-state index in [9.17, 15) is 14.4 Å². The summed E-state index contributed by atoms with van der Waals surface area (Å²) in [6.07, 6.45) is 6.75. The molecular weight excluding hydrogens is 546 g/mol. The molecule has 0 fully saturated rings. The number of thioether (sulfide) groups is 1. The van der Waals surface area contributed by atoms with Crippen molar-refractivity contribution >= 4 is 35.4 Å². The van der Waals surface area contributed by atoms with Crippen LogP contribution < -0.4 is 10.6 Å². The van der Waals surface area contributed by atoms with Gasteiger partial charge >= 0.3 is 6.09 Å². The maximum Gasteiger partial charge on any atom is 0.408 e. The Labute approximate surface area is 257 Å². The summed E-state index contributed by atoms with van der Waals surface area (Å²) in [7, 11) is 0. The van der Waals surface area contributed by atoms with Crippen molar-refractivity contribution in [2.24, 2.45) is 0 Å². The van der Waals surface area contributed by atoms with Crippen molar-refractivity contribution in [1.82, 2.24) is 10.2 Å². The number of para-hydroxylation sites is 1. The molecule has 0 aliphatic rings. The van der Waals surface area contributed by atoms with Crippen molar-refractivity contribution in [3.8, 4) is 0 Å². The molecule has 0 aliphatic heterocycles. The first-order chi connectivity index (χ1) is 19.9. The molecule has 0 saturated carbocycles. The molecule has 2 aromatic carbocycles. The van der Waals surface area contributed by atoms with E-state index in [4.69, 9.17) is 4.74 Å². The van der Waals surface area contributed by atoms with Crippen LogP contribution in [0.25, 0.3) is 0 Å². The van der Waals surface area contributed by atoms with Crippen LogP contribution >= 0.6 is 11.8 Å². The molecule has 0 spiro atoms. The lowest BCUT2D eigenvalue weighted by Gasteiger charge is -2.35. The minimum Gasteiger partial charge on any atom is -0.444 e. The van der Waals surface area contributed by atoms with Crippen molar-refractivity contribution in [3.63, 3.8) is 0 Å². The third-order valence-electron chi connectivity index (χ3n) is 7.16. The Kier molecular flexibility index (Phi) is 14.4. The molecule has 2 N–H and O–H groups in total. The lowest BCUT2D eigenvalue weighted by atomic mass is 9.97. The molecule has 0 bridgehead atoms. The highest BCUT2D eigenvalue weighted by Crippen LogP contribution is 2.29. The molecular formula is C34H51N3O4S. The van der Waals surface area contributed by atoms with Gasteiger partial charge in [0.2, 0.25) is 5.91 Å². The number of benzene rings is 2. The molecule has 2 aromatic rings. The van der Waals surface area contributed by atoms with Crippen LogP contribution in [0.15, 0.2) is 42.5 Å². The molecule has 42 heavy (non-hydrogen) atoms. The Hall–Kier alpha value is -3.00. The topological polar surface area (TPSA) is 87.7 Å². The van der Waals surface area contributed by atoms with Gasteiger partial charge in [-0.25, -0.2) is 4.79 Å². The fourth-order valence-corrected chi connectivity index (χ4v) is 5.41. The number of alkyl carbamates (subject to hydrolysis) is 1. The molecule has 7 nitrogen and oxygen atoms in total. The van der Waals surface area contributed by atoms with E-state index in [0.717, 1.165) is 60.0 Å². The highest BCUT2D eigenvalue weighted by atomic mass is 32.2. The molecule has 0 radical (unpaired) electrons. The number of anilines is 1. The van der Waals surface area contributed by atoms with Gasteiger partial charge in [-0.15, -0.1) is 0 Å². The second-order valence-electron chi connectivity index (χ2n) is 11.9. The van der Waals surface area contributed by atoms with E-state index in [0.29, 0.717) is 18.7 Å². The number of carbonyl (C=O) groups excluding carboxylic acids is 3. The number of hydrogen-bond donors (Lipinski definition) is 2. The van der Waals surface area contributed by atoms with E-state index in [2.05, 4.69) is 17.6 Å². The van der Waals surface area contributed by atoms with Crippen LogP contribution in [0.1, 0.15) is 94.5 Å². The summed E-state index contributed by atoms with van der Waals surface area (Å²) in [6, 6.07) is 11.9. The smallest absolute Gasteiger partial charge is 0.408 e. The Morgan fingerprint density at radius 1 is 0.905 bits per heavy atom. The van der Waals surface area contributed by atoms with E-state index in [1.165, 1.54) is 0 Å². The van der Waals surface area contributed by atoms with Crippen LogP contribution in [0, 0.1) is 20.8 Å². The molecule has 3 amide bonds. The van der Waals surface area contributed by atoms with Crippen molar-refractivity contribution in [3.05, 3.63) is 64.7 Å². The van der Waals surface area contributed by atoms with E-state index in [-0.39, 0.29) is 11.8 Å². The van der Waals surface area contributed by atoms with Gasteiger partial charge in [0.1, 0.15) is 17.7 Å². The van der Waals surface area contributed by atoms with Gasteiger partial charge in [-0.3, -0.25) is 9.59 Å². The van der Waals surface area contributed by atoms with E-state index in [1.54, 1.807) is 37.4 Å². The quantitative estimate of drug-likeness (QED) is 0.205. The highest BCUT2D eigenvalue weighted by Gasteiger charge is 2.36. The van der Waals surface area contributed by atoms with Gasteiger partial charge in [0.15, 0.2) is 0 Å². The maximum absolute atomic E-state index is 14.5. The van der Waals surface area contributed by atoms with E-state index in [1.807, 2.05) is 69.5 Å². The van der Waals surface area contributed by atoms with Crippen molar-refractivity contribution in [1.29, 1.82) is 0 Å². The molecule has 0 saturated heterocycles. The number of aryl methyl sites for hydroxylation is 3. The first-order valence-corrected chi connectivity index (χ1v) is 16.5. The number of ether oxygens (including phenoxy) is 1. The fraction of sp³-hybridized carbons (Fsp3) is 0.559. The zero-order valence-corrected chi connectivity index (χ0v) is 27.7. The largest absolute Gasteiger partial charge is 0.444 e. The molecule has 0 aliphatic carbocycles. The minimum absolute atomic E-state index is 0.274. The van der Waals surface area contributed by atoms with Crippen LogP contribution in [0.2, 0.25) is 0 Å². The lowest BCUT2D eigenvalue weighted by molar-refractivity contribution is -0.141. The fourth-order valence-electron chi connectivity index (χ4n) is 4.94. The summed E-state index contributed by atoms with van der Waals surface area (Å²) in [5.74, 6) is 0.111. The molecule has 0 heterocycles. The van der Waals surface area contributed by atoms with Gasteiger partial charge in [0.05, 0.1) is 0 Å². The van der Waals surface area contributed by atoms with Crippen LogP contribution in [0.4, 0.5) is 10.5 Å². The Morgan fingerprint density at radius 3 is 2.12 bits per heavy atom. The van der Waals surface area contributed by atoms with E-state index >= 15 is 0 Å². The van der Waals surface area contributed by atoms with Crippen LogP contribution in [0.5, 0.6) is 0 Å². The monoisotopic (exact) mass is 597 g/mol. The predicted molar refractivity (Wildman–Crippen MR) is 175 cm³/mol. The van der Waals surface area contributed by atoms with Crippen molar-refractivity contribution in [2.45, 2.75) is 105 Å². The average Bonchev–Trinajstić information content (AvgIpc) is 2.91. The maximum atomic E-state index is 14.5. The third kappa shape index (κ3) is 11.0. The van der Waals surface area contributed by atoms with Gasteiger partial charge < -0.3 is 20.3 Å². The zero-order valence-electron chi connectivity index (χ0n) is 26.8. The molecule has 8 heteroatoms. The summed E-state index contributed by atoms with van der Waals surface area (Å²) in [6.45, 7) is 13.8. The zero-order chi connectivity index (χ0) is 31.3. The molecule has 232 valence electrons. The Balaban J connectivity index is 2.57. The number of hydrogen-bond acceptors (Lipinski definition) is 5. The number of rotatable bonds is 15. The summed E-state index contributed by atoms with van der Waals surface area (Å²) in [5, 5.41) is 5.99. The number of unbranched alkanes of at least 4 members (excludes halogenated alkanes) is 4. The lowest BCUT2D eigenvalue weighted by Crippen LogP contribution is -2.53. The molecule has 2 rings (SSSR count). The number of nitrogens with zero attached hydrogens (tertiary/aromatic N) is 1. The number of amides is 3. The molecule has 0 aromatic heterocycles. The predicted octanol–water partition coefficient (Wildman–Crippen LogP) is 7.74. The van der Waals surface area contributed by atoms with Crippen LogP contribution in [0.3, 0.4) is 0 Å². The van der Waals surface area contributed by atoms with Crippen molar-refractivity contribution < 1.29 is 19.1 Å². The highest BCUT2D eigenvalue weighted by molar-refractivity contribution is 7.98. The average molecular weight is 598 g/mol. The van der Waals surface area contributed by atoms with Gasteiger partial charge in [-0.1, -0.05) is 75.1 Å². The number of nitrogens with one attached hydrogen (secondary N) is 2. The first-order valence-electron chi connectivity index (χ1n) is 15.1. The Morgan fingerprint density at radius 2 is 1.52 bits per heavy atom. The first kappa shape index (κ1) is 35.2. The van der Waals surface area contributed by atoms with Crippen LogP contribution in [-0.2, 0) is 14.3 Å². The van der Waals surface area contributed by atoms with Gasteiger partial charge in [-0.05, 0) is 88.6 Å². The Bertz CT molecular complexity index is 1160. The normalized spacial score (nSPS) is 12.8. The second-order valence-corrected chi connectivity index (χ2v) is 12.9. The standard InChI is InChI=1S/C34H51N3O4S/c1-9-10-11-12-15-22-37(32(39)28(21-23-42-8)35-33(40)41-34(5,6)7)30(27-20-14-13-17-24(27)2)31(38)36-29-25(3)18-16-19-26(29)4/h13-14,16-20,28,30H,9-12,15,21-23H2,1-8H3,(H,35,40)(H,36,38). The van der Waals surface area contributed by atoms with Gasteiger partial charge in [0, 0.05) is 12.2 Å². The SMILES string of the molecule is CCCCCCCN(C(=O)C(CCSC)NC(=O)OC(C)(C)C)C(C(=O)Nc1c(C)cccc1C)c1ccccc1C. The molecule has 2 atom stereocenters. The number of carbonyl (C=O) groups is 3. The summed E-state index contributed by atoms with van der Waals surface area (Å²) >= 11 is 1.60. The molecule has 2 unspecified atom stereocenters. The summed E-state index contributed by atoms with van der Waals surface area (Å²) in [4.78, 5) is 43.3. The third-order valence-corrected chi connectivity index (χ3v) is 7.80. The van der Waals surface area contributed by atoms with Crippen LogP contribution in [-0.4, -0.2) is 53.0 Å². The van der Waals surface area contributed by atoms with E-state index < -0.39 is 23.8 Å². The minimum atomic E-state index is -0.874.